The van der Waals surface area contributed by atoms with Gasteiger partial charge in [-0.2, -0.15) is 0 Å². The van der Waals surface area contributed by atoms with Crippen molar-refractivity contribution in [2.75, 3.05) is 13.2 Å². The highest BCUT2D eigenvalue weighted by Gasteiger charge is 2.19. The summed E-state index contributed by atoms with van der Waals surface area (Å²) in [6.45, 7) is 6.61. The van der Waals surface area contributed by atoms with Gasteiger partial charge in [0.1, 0.15) is 13.2 Å². The molecule has 0 heterocycles. The minimum Gasteiger partial charge on any atom is -0.462 e. The lowest BCUT2D eigenvalue weighted by molar-refractivity contribution is -0.167. The topological polar surface area (TPSA) is 78.9 Å². The molecule has 0 aromatic rings. The third kappa shape index (κ3) is 52.3. The predicted molar refractivity (Wildman–Crippen MR) is 284 cm³/mol. The summed E-state index contributed by atoms with van der Waals surface area (Å²) in [5.41, 5.74) is 0. The fourth-order valence-electron chi connectivity index (χ4n) is 8.19. The average molecular weight is 926 g/mol. The molecule has 0 amide bonds. The third-order valence-corrected chi connectivity index (χ3v) is 12.6. The van der Waals surface area contributed by atoms with Gasteiger partial charge in [0.15, 0.2) is 6.10 Å². The Balaban J connectivity index is 4.37. The largest absolute Gasteiger partial charge is 0.462 e. The van der Waals surface area contributed by atoms with Crippen LogP contribution in [0.1, 0.15) is 297 Å². The van der Waals surface area contributed by atoms with Gasteiger partial charge in [0, 0.05) is 19.3 Å². The summed E-state index contributed by atoms with van der Waals surface area (Å²) >= 11 is 0. The summed E-state index contributed by atoms with van der Waals surface area (Å²) in [7, 11) is 0. The van der Waals surface area contributed by atoms with Crippen LogP contribution in [0.2, 0.25) is 0 Å². The van der Waals surface area contributed by atoms with Crippen LogP contribution in [0, 0.1) is 0 Å². The molecule has 6 heteroatoms. The van der Waals surface area contributed by atoms with E-state index in [0.717, 1.165) is 83.5 Å². The number of rotatable bonds is 52. The molecule has 1 unspecified atom stereocenters. The minimum absolute atomic E-state index is 0.0815. The van der Waals surface area contributed by atoms with E-state index in [-0.39, 0.29) is 31.1 Å². The van der Waals surface area contributed by atoms with E-state index in [4.69, 9.17) is 14.2 Å². The first kappa shape index (κ1) is 63.4. The van der Waals surface area contributed by atoms with Crippen LogP contribution in [0.5, 0.6) is 0 Å². The monoisotopic (exact) mass is 925 g/mol. The molecule has 0 saturated carbocycles. The van der Waals surface area contributed by atoms with Crippen LogP contribution in [0.15, 0.2) is 48.6 Å². The van der Waals surface area contributed by atoms with Crippen molar-refractivity contribution in [2.24, 2.45) is 0 Å². The third-order valence-electron chi connectivity index (χ3n) is 12.6. The Morgan fingerprint density at radius 3 is 0.894 bits per heavy atom. The van der Waals surface area contributed by atoms with E-state index in [2.05, 4.69) is 69.4 Å². The van der Waals surface area contributed by atoms with Crippen LogP contribution in [0.4, 0.5) is 0 Å². The number of unbranched alkanes of at least 4 members (excludes halogenated alkanes) is 34. The van der Waals surface area contributed by atoms with E-state index in [0.29, 0.717) is 19.3 Å². The number of carbonyl (C=O) groups is 3. The maximum absolute atomic E-state index is 12.8. The molecule has 6 nitrogen and oxygen atoms in total. The molecule has 0 fully saturated rings. The van der Waals surface area contributed by atoms with Crippen LogP contribution in [-0.4, -0.2) is 37.2 Å². The van der Waals surface area contributed by atoms with Gasteiger partial charge in [-0.3, -0.25) is 14.4 Å². The second-order valence-corrected chi connectivity index (χ2v) is 19.2. The number of carbonyl (C=O) groups excluding carboxylic acids is 3. The quantitative estimate of drug-likeness (QED) is 0.0199. The van der Waals surface area contributed by atoms with Crippen LogP contribution in [-0.2, 0) is 28.6 Å². The molecule has 0 rings (SSSR count). The van der Waals surface area contributed by atoms with E-state index in [9.17, 15) is 14.4 Å². The lowest BCUT2D eigenvalue weighted by Crippen LogP contribution is -2.30. The van der Waals surface area contributed by atoms with Crippen molar-refractivity contribution in [1.82, 2.24) is 0 Å². The zero-order valence-corrected chi connectivity index (χ0v) is 44.0. The number of allylic oxidation sites excluding steroid dienone is 8. The fraction of sp³-hybridized carbons (Fsp3) is 0.817. The molecule has 0 aliphatic carbocycles. The summed E-state index contributed by atoms with van der Waals surface area (Å²) < 4.78 is 16.8. The number of hydrogen-bond donors (Lipinski definition) is 0. The summed E-state index contributed by atoms with van der Waals surface area (Å²) in [6.07, 6.45) is 66.7. The molecule has 0 bridgehead atoms. The lowest BCUT2D eigenvalue weighted by atomic mass is 10.1. The summed E-state index contributed by atoms with van der Waals surface area (Å²) in [5, 5.41) is 0. The predicted octanol–water partition coefficient (Wildman–Crippen LogP) is 19.0. The molecule has 0 N–H and O–H groups in total. The van der Waals surface area contributed by atoms with Crippen LogP contribution < -0.4 is 0 Å². The van der Waals surface area contributed by atoms with E-state index in [1.807, 2.05) is 0 Å². The summed E-state index contributed by atoms with van der Waals surface area (Å²) in [4.78, 5) is 38.1. The van der Waals surface area contributed by atoms with Gasteiger partial charge in [-0.1, -0.05) is 230 Å². The molecule has 1 atom stereocenters. The Morgan fingerprint density at radius 1 is 0.303 bits per heavy atom. The van der Waals surface area contributed by atoms with Crippen LogP contribution >= 0.6 is 0 Å². The van der Waals surface area contributed by atoms with Gasteiger partial charge < -0.3 is 14.2 Å². The second-order valence-electron chi connectivity index (χ2n) is 19.2. The standard InChI is InChI=1S/C60H108O6/c1-4-7-10-13-16-19-22-25-27-29-30-31-33-35-38-41-44-47-50-53-59(62)65-56-57(55-64-58(61)52-49-46-43-40-37-34-24-21-18-15-12-9-6-3)66-60(63)54-51-48-45-42-39-36-32-28-26-23-20-17-14-11-8-5-2/h16,19,22,25,28,32,34,37,57H,4-15,17-18,20-21,23-24,26-27,29-31,33,35-36,38-56H2,1-3H3/b19-16-,25-22-,32-28-,37-34-. The molecule has 0 aliphatic heterocycles. The number of esters is 3. The first-order valence-corrected chi connectivity index (χ1v) is 28.7. The van der Waals surface area contributed by atoms with E-state index in [1.54, 1.807) is 0 Å². The molecule has 0 aliphatic rings. The molecule has 0 aromatic heterocycles. The number of ether oxygens (including phenoxy) is 3. The van der Waals surface area contributed by atoms with Crippen LogP contribution in [0.3, 0.4) is 0 Å². The second kappa shape index (κ2) is 55.0. The highest BCUT2D eigenvalue weighted by Crippen LogP contribution is 2.15. The number of hydrogen-bond acceptors (Lipinski definition) is 6. The molecule has 384 valence electrons. The van der Waals surface area contributed by atoms with Gasteiger partial charge in [0.05, 0.1) is 0 Å². The van der Waals surface area contributed by atoms with Gasteiger partial charge in [-0.25, -0.2) is 0 Å². The van der Waals surface area contributed by atoms with Crippen molar-refractivity contribution >= 4 is 17.9 Å². The van der Waals surface area contributed by atoms with Gasteiger partial charge >= 0.3 is 17.9 Å². The lowest BCUT2D eigenvalue weighted by Gasteiger charge is -2.18. The van der Waals surface area contributed by atoms with E-state index < -0.39 is 6.10 Å². The van der Waals surface area contributed by atoms with Gasteiger partial charge in [-0.15, -0.1) is 0 Å². The minimum atomic E-state index is -0.784. The molecule has 66 heavy (non-hydrogen) atoms. The molecule has 0 radical (unpaired) electrons. The van der Waals surface area contributed by atoms with Crippen molar-refractivity contribution in [1.29, 1.82) is 0 Å². The zero-order valence-electron chi connectivity index (χ0n) is 44.0. The van der Waals surface area contributed by atoms with Crippen molar-refractivity contribution < 1.29 is 28.6 Å². The highest BCUT2D eigenvalue weighted by molar-refractivity contribution is 5.71. The first-order valence-electron chi connectivity index (χ1n) is 28.7. The Morgan fingerprint density at radius 2 is 0.545 bits per heavy atom. The maximum Gasteiger partial charge on any atom is 0.306 e. The Hall–Kier alpha value is -2.63. The van der Waals surface area contributed by atoms with Crippen molar-refractivity contribution in [3.8, 4) is 0 Å². The van der Waals surface area contributed by atoms with Gasteiger partial charge in [0.25, 0.3) is 0 Å². The Kier molecular flexibility index (Phi) is 52.8. The SMILES string of the molecule is CCCCC/C=C\C=C/CCCCCCCCCCCCC(=O)OCC(COC(=O)CCCCC/C=C\CCCCCCCC)OC(=O)CCCCCCC/C=C\CCCCCCCCC. The molecular weight excluding hydrogens is 817 g/mol. The molecule has 0 spiro atoms. The fourth-order valence-corrected chi connectivity index (χ4v) is 8.19. The average Bonchev–Trinajstić information content (AvgIpc) is 3.31. The van der Waals surface area contributed by atoms with E-state index >= 15 is 0 Å². The van der Waals surface area contributed by atoms with Crippen molar-refractivity contribution in [3.63, 3.8) is 0 Å². The van der Waals surface area contributed by atoms with Crippen molar-refractivity contribution in [3.05, 3.63) is 48.6 Å². The van der Waals surface area contributed by atoms with Gasteiger partial charge in [0.2, 0.25) is 0 Å². The van der Waals surface area contributed by atoms with Crippen molar-refractivity contribution in [2.45, 2.75) is 303 Å². The zero-order chi connectivity index (χ0) is 47.9. The Bertz CT molecular complexity index is 1150. The van der Waals surface area contributed by atoms with Gasteiger partial charge in [-0.05, 0) is 96.3 Å². The molecule has 0 saturated heterocycles. The maximum atomic E-state index is 12.8. The summed E-state index contributed by atoms with van der Waals surface area (Å²) in [5.74, 6) is -0.898. The normalized spacial score (nSPS) is 12.3. The smallest absolute Gasteiger partial charge is 0.306 e. The summed E-state index contributed by atoms with van der Waals surface area (Å²) in [6, 6.07) is 0. The first-order chi connectivity index (χ1) is 32.5. The highest BCUT2D eigenvalue weighted by atomic mass is 16.6. The van der Waals surface area contributed by atoms with E-state index in [1.165, 1.54) is 173 Å². The molecular formula is C60H108O6. The van der Waals surface area contributed by atoms with Crippen LogP contribution in [0.25, 0.3) is 0 Å². The molecule has 0 aromatic carbocycles. The Labute approximate surface area is 409 Å².